The fourth-order valence-electron chi connectivity index (χ4n) is 2.41. The van der Waals surface area contributed by atoms with E-state index in [1.807, 2.05) is 12.1 Å². The molecule has 0 aliphatic rings. The van der Waals surface area contributed by atoms with Gasteiger partial charge in [-0.15, -0.1) is 0 Å². The number of hydrogen-bond acceptors (Lipinski definition) is 2. The number of anilines is 1. The normalized spacial score (nSPS) is 11.1. The smallest absolute Gasteiger partial charge is 0.103 e. The van der Waals surface area contributed by atoms with Crippen LogP contribution >= 0.6 is 12.2 Å². The molecule has 0 radical (unpaired) electrons. The van der Waals surface area contributed by atoms with Gasteiger partial charge in [-0.05, 0) is 43.0 Å². The Bertz CT molecular complexity index is 394. The maximum Gasteiger partial charge on any atom is 0.103 e. The van der Waals surface area contributed by atoms with E-state index in [4.69, 9.17) is 18.0 Å². The highest BCUT2D eigenvalue weighted by Gasteiger charge is 2.16. The first-order valence-corrected chi connectivity index (χ1v) is 7.56. The van der Waals surface area contributed by atoms with Gasteiger partial charge >= 0.3 is 0 Å². The van der Waals surface area contributed by atoms with Crippen molar-refractivity contribution < 1.29 is 0 Å². The van der Waals surface area contributed by atoms with Crippen LogP contribution in [0.2, 0.25) is 0 Å². The van der Waals surface area contributed by atoms with Gasteiger partial charge in [-0.3, -0.25) is 0 Å². The van der Waals surface area contributed by atoms with E-state index in [0.717, 1.165) is 12.1 Å². The Hall–Kier alpha value is -1.09. The van der Waals surface area contributed by atoms with Crippen LogP contribution in [-0.4, -0.2) is 17.6 Å². The third-order valence-electron chi connectivity index (χ3n) is 3.43. The van der Waals surface area contributed by atoms with Crippen LogP contribution in [0.5, 0.6) is 0 Å². The maximum atomic E-state index is 5.65. The monoisotopic (exact) mass is 278 g/mol. The van der Waals surface area contributed by atoms with Crippen LogP contribution in [0.1, 0.15) is 46.1 Å². The van der Waals surface area contributed by atoms with Crippen molar-refractivity contribution in [2.45, 2.75) is 46.6 Å². The molecular weight excluding hydrogens is 252 g/mol. The first kappa shape index (κ1) is 16.0. The highest BCUT2D eigenvalue weighted by molar-refractivity contribution is 7.80. The predicted octanol–water partition coefficient (Wildman–Crippen LogP) is 3.97. The molecule has 106 valence electrons. The van der Waals surface area contributed by atoms with Crippen molar-refractivity contribution in [3.05, 3.63) is 29.8 Å². The van der Waals surface area contributed by atoms with Gasteiger partial charge in [0.1, 0.15) is 4.99 Å². The van der Waals surface area contributed by atoms with Crippen molar-refractivity contribution in [3.8, 4) is 0 Å². The van der Waals surface area contributed by atoms with Gasteiger partial charge in [-0.25, -0.2) is 0 Å². The standard InChI is InChI=1S/C16H26N2S/c1-5-14(6-2)18(11-12(3)4)15-9-7-13(8-10-15)16(17)19/h7-10,12,14H,5-6,11H2,1-4H3,(H2,17,19). The highest BCUT2D eigenvalue weighted by atomic mass is 32.1. The molecule has 0 saturated carbocycles. The summed E-state index contributed by atoms with van der Waals surface area (Å²) in [6.45, 7) is 10.1. The zero-order valence-electron chi connectivity index (χ0n) is 12.5. The minimum atomic E-state index is 0.462. The van der Waals surface area contributed by atoms with E-state index >= 15 is 0 Å². The lowest BCUT2D eigenvalue weighted by molar-refractivity contribution is 0.507. The summed E-state index contributed by atoms with van der Waals surface area (Å²) in [7, 11) is 0. The lowest BCUT2D eigenvalue weighted by Crippen LogP contribution is -2.37. The van der Waals surface area contributed by atoms with Gasteiger partial charge in [-0.1, -0.05) is 39.9 Å². The molecule has 19 heavy (non-hydrogen) atoms. The number of benzene rings is 1. The molecule has 2 nitrogen and oxygen atoms in total. The number of nitrogens with two attached hydrogens (primary N) is 1. The first-order chi connectivity index (χ1) is 8.99. The first-order valence-electron chi connectivity index (χ1n) is 7.16. The summed E-state index contributed by atoms with van der Waals surface area (Å²) in [5.41, 5.74) is 7.85. The minimum absolute atomic E-state index is 0.462. The Balaban J connectivity index is 2.99. The minimum Gasteiger partial charge on any atom is -0.389 e. The Morgan fingerprint density at radius 1 is 1.16 bits per heavy atom. The topological polar surface area (TPSA) is 29.3 Å². The predicted molar refractivity (Wildman–Crippen MR) is 88.9 cm³/mol. The SMILES string of the molecule is CCC(CC)N(CC(C)C)c1ccc(C(N)=S)cc1. The van der Waals surface area contributed by atoms with Crippen LogP contribution in [0.4, 0.5) is 5.69 Å². The summed E-state index contributed by atoms with van der Waals surface area (Å²) in [6.07, 6.45) is 2.33. The van der Waals surface area contributed by atoms with Crippen molar-refractivity contribution in [2.24, 2.45) is 11.7 Å². The summed E-state index contributed by atoms with van der Waals surface area (Å²) < 4.78 is 0. The molecule has 0 unspecified atom stereocenters. The largest absolute Gasteiger partial charge is 0.389 e. The molecule has 0 atom stereocenters. The molecule has 0 saturated heterocycles. The zero-order valence-corrected chi connectivity index (χ0v) is 13.3. The average Bonchev–Trinajstić information content (AvgIpc) is 2.38. The van der Waals surface area contributed by atoms with Gasteiger partial charge in [0.05, 0.1) is 0 Å². The van der Waals surface area contributed by atoms with E-state index in [2.05, 4.69) is 44.7 Å². The summed E-state index contributed by atoms with van der Waals surface area (Å²) in [5, 5.41) is 0. The fraction of sp³-hybridized carbons (Fsp3) is 0.562. The number of nitrogens with zero attached hydrogens (tertiary/aromatic N) is 1. The Morgan fingerprint density at radius 3 is 2.05 bits per heavy atom. The molecule has 1 aromatic carbocycles. The van der Waals surface area contributed by atoms with Crippen LogP contribution in [-0.2, 0) is 0 Å². The van der Waals surface area contributed by atoms with E-state index in [1.165, 1.54) is 18.5 Å². The van der Waals surface area contributed by atoms with Crippen LogP contribution in [0.15, 0.2) is 24.3 Å². The van der Waals surface area contributed by atoms with Gasteiger partial charge in [0.2, 0.25) is 0 Å². The van der Waals surface area contributed by atoms with Gasteiger partial charge in [-0.2, -0.15) is 0 Å². The second kappa shape index (κ2) is 7.49. The molecule has 1 rings (SSSR count). The van der Waals surface area contributed by atoms with Crippen LogP contribution in [0.25, 0.3) is 0 Å². The van der Waals surface area contributed by atoms with E-state index in [0.29, 0.717) is 16.9 Å². The molecule has 3 heteroatoms. The van der Waals surface area contributed by atoms with Gasteiger partial charge in [0, 0.05) is 23.8 Å². The van der Waals surface area contributed by atoms with Crippen LogP contribution in [0.3, 0.4) is 0 Å². The quantitative estimate of drug-likeness (QED) is 0.765. The number of hydrogen-bond donors (Lipinski definition) is 1. The van der Waals surface area contributed by atoms with Crippen molar-refractivity contribution in [3.63, 3.8) is 0 Å². The lowest BCUT2D eigenvalue weighted by Gasteiger charge is -2.34. The van der Waals surface area contributed by atoms with Gasteiger partial charge in [0.25, 0.3) is 0 Å². The second-order valence-electron chi connectivity index (χ2n) is 5.43. The molecule has 0 heterocycles. The van der Waals surface area contributed by atoms with Crippen molar-refractivity contribution in [1.29, 1.82) is 0 Å². The van der Waals surface area contributed by atoms with Crippen molar-refractivity contribution in [1.82, 2.24) is 0 Å². The summed E-state index contributed by atoms with van der Waals surface area (Å²) >= 11 is 5.00. The Labute approximate surface area is 123 Å². The number of thiocarbonyl (C=S) groups is 1. The van der Waals surface area contributed by atoms with Crippen LogP contribution in [0, 0.1) is 5.92 Å². The van der Waals surface area contributed by atoms with Crippen LogP contribution < -0.4 is 10.6 Å². The van der Waals surface area contributed by atoms with Crippen molar-refractivity contribution in [2.75, 3.05) is 11.4 Å². The molecule has 0 spiro atoms. The second-order valence-corrected chi connectivity index (χ2v) is 5.87. The third-order valence-corrected chi connectivity index (χ3v) is 3.66. The molecule has 1 aromatic rings. The van der Waals surface area contributed by atoms with E-state index in [1.54, 1.807) is 0 Å². The fourth-order valence-corrected chi connectivity index (χ4v) is 2.54. The average molecular weight is 278 g/mol. The maximum absolute atomic E-state index is 5.65. The van der Waals surface area contributed by atoms with E-state index in [-0.39, 0.29) is 0 Å². The lowest BCUT2D eigenvalue weighted by atomic mass is 10.1. The van der Waals surface area contributed by atoms with E-state index < -0.39 is 0 Å². The molecule has 0 aliphatic carbocycles. The Morgan fingerprint density at radius 2 is 1.68 bits per heavy atom. The zero-order chi connectivity index (χ0) is 14.4. The molecule has 0 bridgehead atoms. The highest BCUT2D eigenvalue weighted by Crippen LogP contribution is 2.22. The number of rotatable bonds is 7. The van der Waals surface area contributed by atoms with Gasteiger partial charge < -0.3 is 10.6 Å². The van der Waals surface area contributed by atoms with Crippen molar-refractivity contribution >= 4 is 22.9 Å². The molecule has 0 amide bonds. The summed E-state index contributed by atoms with van der Waals surface area (Å²) in [4.78, 5) is 2.97. The third kappa shape index (κ3) is 4.50. The van der Waals surface area contributed by atoms with E-state index in [9.17, 15) is 0 Å². The molecule has 0 fully saturated rings. The summed E-state index contributed by atoms with van der Waals surface area (Å²) in [5.74, 6) is 0.649. The molecule has 0 aliphatic heterocycles. The molecule has 0 aromatic heterocycles. The summed E-state index contributed by atoms with van der Waals surface area (Å²) in [6, 6.07) is 8.91. The molecular formula is C16H26N2S. The Kier molecular flexibility index (Phi) is 6.29. The molecule has 2 N–H and O–H groups in total. The van der Waals surface area contributed by atoms with Gasteiger partial charge in [0.15, 0.2) is 0 Å².